The van der Waals surface area contributed by atoms with Gasteiger partial charge in [0.25, 0.3) is 0 Å². The maximum atomic E-state index is 13.4. The quantitative estimate of drug-likeness (QED) is 0.262. The highest BCUT2D eigenvalue weighted by Crippen LogP contribution is 2.68. The molecular weight excluding hydrogens is 576 g/mol. The lowest BCUT2D eigenvalue weighted by Crippen LogP contribution is -2.76. The smallest absolute Gasteiger partial charge is 0.341 e. The van der Waals surface area contributed by atoms with Gasteiger partial charge in [0.05, 0.1) is 46.5 Å². The number of carbonyl (C=O) groups excluding carboxylic acids is 4. The number of furan rings is 3. The minimum absolute atomic E-state index is 0.182. The van der Waals surface area contributed by atoms with Crippen LogP contribution in [-0.2, 0) is 28.5 Å². The molecule has 0 unspecified atom stereocenters. The fourth-order valence-corrected chi connectivity index (χ4v) is 7.69. The first kappa shape index (κ1) is 29.7. The van der Waals surface area contributed by atoms with Gasteiger partial charge in [-0.1, -0.05) is 6.92 Å². The Labute approximate surface area is 252 Å². The summed E-state index contributed by atoms with van der Waals surface area (Å²) in [4.78, 5) is 52.7. The summed E-state index contributed by atoms with van der Waals surface area (Å²) in [5.74, 6) is -3.48. The molecule has 234 valence electrons. The lowest BCUT2D eigenvalue weighted by Gasteiger charge is -2.62. The molecule has 3 fully saturated rings. The normalized spacial score (nSPS) is 33.6. The number of rotatable bonds is 7. The highest BCUT2D eigenvalue weighted by Gasteiger charge is 2.80. The van der Waals surface area contributed by atoms with Crippen LogP contribution in [0, 0.1) is 17.3 Å². The van der Waals surface area contributed by atoms with E-state index < -0.39 is 76.7 Å². The van der Waals surface area contributed by atoms with Crippen LogP contribution < -0.4 is 0 Å². The minimum Gasteiger partial charge on any atom is -0.472 e. The van der Waals surface area contributed by atoms with Crippen LogP contribution in [0.25, 0.3) is 0 Å². The average Bonchev–Trinajstić information content (AvgIpc) is 3.77. The van der Waals surface area contributed by atoms with Gasteiger partial charge in [-0.2, -0.15) is 0 Å². The monoisotopic (exact) mass is 610 g/mol. The maximum Gasteiger partial charge on any atom is 0.341 e. The molecule has 8 atom stereocenters. The zero-order chi connectivity index (χ0) is 31.4. The molecule has 3 aromatic rings. The van der Waals surface area contributed by atoms with Crippen molar-refractivity contribution < 1.29 is 56.1 Å². The molecule has 0 amide bonds. The molecule has 12 nitrogen and oxygen atoms in total. The molecule has 6 rings (SSSR count). The van der Waals surface area contributed by atoms with Crippen LogP contribution in [0.15, 0.2) is 69.0 Å². The van der Waals surface area contributed by atoms with Crippen molar-refractivity contribution in [3.63, 3.8) is 0 Å². The van der Waals surface area contributed by atoms with Crippen LogP contribution in [0.4, 0.5) is 0 Å². The van der Waals surface area contributed by atoms with Crippen molar-refractivity contribution in [3.05, 3.63) is 72.5 Å². The Morgan fingerprint density at radius 3 is 1.75 bits per heavy atom. The summed E-state index contributed by atoms with van der Waals surface area (Å²) in [6, 6.07) is 4.45. The molecule has 0 radical (unpaired) electrons. The van der Waals surface area contributed by atoms with Crippen LogP contribution in [0.1, 0.15) is 78.5 Å². The van der Waals surface area contributed by atoms with E-state index in [2.05, 4.69) is 0 Å². The number of fused-ring (bicyclic) bond motifs is 1. The molecule has 0 N–H and O–H groups in total. The van der Waals surface area contributed by atoms with Gasteiger partial charge in [-0.15, -0.1) is 0 Å². The zero-order valence-corrected chi connectivity index (χ0v) is 25.0. The molecular formula is C32H34O12. The zero-order valence-electron chi connectivity index (χ0n) is 25.0. The Morgan fingerprint density at radius 1 is 0.727 bits per heavy atom. The summed E-state index contributed by atoms with van der Waals surface area (Å²) in [6.07, 6.45) is 4.35. The van der Waals surface area contributed by atoms with Gasteiger partial charge < -0.3 is 36.9 Å². The first-order valence-corrected chi connectivity index (χ1v) is 14.5. The topological polar surface area (TPSA) is 154 Å². The van der Waals surface area contributed by atoms with Gasteiger partial charge in [0, 0.05) is 12.8 Å². The Hall–Kier alpha value is -4.32. The summed E-state index contributed by atoms with van der Waals surface area (Å²) in [7, 11) is 0. The summed E-state index contributed by atoms with van der Waals surface area (Å²) >= 11 is 0. The van der Waals surface area contributed by atoms with Crippen LogP contribution in [0.5, 0.6) is 0 Å². The van der Waals surface area contributed by atoms with E-state index in [4.69, 9.17) is 36.9 Å². The SMILES string of the molecule is CC(=O)O[C@H]1[C@@H](OC(=O)c2ccoc2)C[C@@H](C)[C@]23OC(C)(C)[C@H](C[C@H](OC(=O)c4ccoc4)[C@]12C)[C@H]3OC(=O)c1ccoc1. The molecule has 2 aliphatic carbocycles. The molecule has 2 saturated carbocycles. The number of hydrogen-bond acceptors (Lipinski definition) is 12. The van der Waals surface area contributed by atoms with E-state index in [0.717, 1.165) is 0 Å². The highest BCUT2D eigenvalue weighted by atomic mass is 16.6. The van der Waals surface area contributed by atoms with Crippen molar-refractivity contribution >= 4 is 23.9 Å². The van der Waals surface area contributed by atoms with E-state index in [0.29, 0.717) is 0 Å². The lowest BCUT2D eigenvalue weighted by molar-refractivity contribution is -0.300. The Balaban J connectivity index is 1.48. The van der Waals surface area contributed by atoms with Crippen LogP contribution in [0.2, 0.25) is 0 Å². The van der Waals surface area contributed by atoms with Gasteiger partial charge in [-0.25, -0.2) is 14.4 Å². The van der Waals surface area contributed by atoms with Crippen molar-refractivity contribution in [2.45, 2.75) is 83.1 Å². The minimum atomic E-state index is -1.39. The maximum absolute atomic E-state index is 13.4. The standard InChI is InChI=1S/C32H34O12/c1-17-12-23(41-27(34)19-6-9-37-14-19)26(40-18(2)33)31(5)24(42-28(35)20-7-10-38-15-20)13-22-25(32(17,31)44-30(22,3)4)43-29(36)21-8-11-39-16-21/h6-11,14-17,22-26H,12-13H2,1-5H3/t17-,22-,23+,24+,25-,26+,31-,32-/m1/s1. The van der Waals surface area contributed by atoms with E-state index >= 15 is 0 Å². The van der Waals surface area contributed by atoms with Gasteiger partial charge in [-0.3, -0.25) is 4.79 Å². The predicted octanol–water partition coefficient (Wildman–Crippen LogP) is 4.99. The number of ether oxygens (including phenoxy) is 5. The van der Waals surface area contributed by atoms with Gasteiger partial charge in [0.1, 0.15) is 42.7 Å². The second kappa shape index (κ2) is 10.7. The second-order valence-electron chi connectivity index (χ2n) is 12.5. The molecule has 12 heteroatoms. The van der Waals surface area contributed by atoms with Crippen molar-refractivity contribution in [3.8, 4) is 0 Å². The van der Waals surface area contributed by atoms with Crippen molar-refractivity contribution in [2.24, 2.45) is 17.3 Å². The highest BCUT2D eigenvalue weighted by molar-refractivity contribution is 5.90. The van der Waals surface area contributed by atoms with Crippen molar-refractivity contribution in [2.75, 3.05) is 0 Å². The summed E-state index contributed by atoms with van der Waals surface area (Å²) in [5.41, 5.74) is -3.00. The van der Waals surface area contributed by atoms with E-state index in [-0.39, 0.29) is 29.5 Å². The number of hydrogen-bond donors (Lipinski definition) is 0. The van der Waals surface area contributed by atoms with E-state index in [9.17, 15) is 19.2 Å². The average molecular weight is 611 g/mol. The third-order valence-corrected chi connectivity index (χ3v) is 9.64. The molecule has 1 saturated heterocycles. The summed E-state index contributed by atoms with van der Waals surface area (Å²) < 4.78 is 46.7. The molecule has 4 heterocycles. The molecule has 1 aliphatic heterocycles. The first-order valence-electron chi connectivity index (χ1n) is 14.5. The molecule has 3 aliphatic rings. The molecule has 0 aromatic carbocycles. The molecule has 3 aromatic heterocycles. The van der Waals surface area contributed by atoms with E-state index in [1.165, 1.54) is 62.7 Å². The second-order valence-corrected chi connectivity index (χ2v) is 12.5. The lowest BCUT2D eigenvalue weighted by atomic mass is 9.48. The van der Waals surface area contributed by atoms with Crippen LogP contribution in [0.3, 0.4) is 0 Å². The number of esters is 4. The Morgan fingerprint density at radius 2 is 1.25 bits per heavy atom. The van der Waals surface area contributed by atoms with Crippen molar-refractivity contribution in [1.82, 2.24) is 0 Å². The molecule has 2 bridgehead atoms. The summed E-state index contributed by atoms with van der Waals surface area (Å²) in [6.45, 7) is 8.71. The van der Waals surface area contributed by atoms with Crippen LogP contribution >= 0.6 is 0 Å². The van der Waals surface area contributed by atoms with Gasteiger partial charge in [0.15, 0.2) is 6.10 Å². The third-order valence-electron chi connectivity index (χ3n) is 9.64. The third kappa shape index (κ3) is 4.54. The van der Waals surface area contributed by atoms with Crippen LogP contribution in [-0.4, -0.2) is 59.5 Å². The largest absolute Gasteiger partial charge is 0.472 e. The van der Waals surface area contributed by atoms with Gasteiger partial charge in [-0.05, 0) is 57.7 Å². The fourth-order valence-electron chi connectivity index (χ4n) is 7.69. The first-order chi connectivity index (χ1) is 20.9. The Kier molecular flexibility index (Phi) is 7.22. The van der Waals surface area contributed by atoms with Gasteiger partial charge in [0.2, 0.25) is 0 Å². The number of carbonyl (C=O) groups is 4. The fraction of sp³-hybridized carbons (Fsp3) is 0.500. The van der Waals surface area contributed by atoms with Gasteiger partial charge >= 0.3 is 23.9 Å². The van der Waals surface area contributed by atoms with E-state index in [1.54, 1.807) is 6.92 Å². The summed E-state index contributed by atoms with van der Waals surface area (Å²) in [5, 5.41) is 0. The Bertz CT molecular complexity index is 1520. The predicted molar refractivity (Wildman–Crippen MR) is 147 cm³/mol. The molecule has 44 heavy (non-hydrogen) atoms. The van der Waals surface area contributed by atoms with Crippen molar-refractivity contribution in [1.29, 1.82) is 0 Å². The van der Waals surface area contributed by atoms with E-state index in [1.807, 2.05) is 20.8 Å². The molecule has 1 spiro atoms.